The fourth-order valence-electron chi connectivity index (χ4n) is 1.97. The zero-order chi connectivity index (χ0) is 13.4. The number of benzene rings is 2. The predicted octanol–water partition coefficient (Wildman–Crippen LogP) is 5.33. The first-order valence-corrected chi connectivity index (χ1v) is 7.66. The first-order chi connectivity index (χ1) is 9.11. The van der Waals surface area contributed by atoms with E-state index in [-0.39, 0.29) is 0 Å². The maximum atomic E-state index is 6.03. The summed E-state index contributed by atoms with van der Waals surface area (Å²) in [4.78, 5) is 7.90. The van der Waals surface area contributed by atoms with E-state index in [1.807, 2.05) is 24.3 Å². The van der Waals surface area contributed by atoms with Crippen LogP contribution < -0.4 is 0 Å². The van der Waals surface area contributed by atoms with Gasteiger partial charge in [-0.05, 0) is 45.8 Å². The van der Waals surface area contributed by atoms with Gasteiger partial charge in [0.2, 0.25) is 0 Å². The molecule has 0 aliphatic rings. The van der Waals surface area contributed by atoms with Gasteiger partial charge in [-0.1, -0.05) is 39.7 Å². The summed E-state index contributed by atoms with van der Waals surface area (Å²) < 4.78 is 1.99. The van der Waals surface area contributed by atoms with Crippen LogP contribution in [0.25, 0.3) is 11.0 Å². The van der Waals surface area contributed by atoms with E-state index in [9.17, 15) is 0 Å². The smallest absolute Gasteiger partial charge is 0.111 e. The molecular formula is C14H9Br2ClN2. The number of H-pyrrole nitrogens is 1. The molecule has 0 saturated heterocycles. The molecule has 3 aromatic rings. The van der Waals surface area contributed by atoms with Crippen LogP contribution in [0.3, 0.4) is 0 Å². The van der Waals surface area contributed by atoms with Crippen molar-refractivity contribution in [1.82, 2.24) is 9.97 Å². The third kappa shape index (κ3) is 2.86. The van der Waals surface area contributed by atoms with Crippen LogP contribution in [0.5, 0.6) is 0 Å². The van der Waals surface area contributed by atoms with Crippen molar-refractivity contribution in [3.63, 3.8) is 0 Å². The molecule has 5 heteroatoms. The van der Waals surface area contributed by atoms with Crippen molar-refractivity contribution in [1.29, 1.82) is 0 Å². The van der Waals surface area contributed by atoms with E-state index >= 15 is 0 Å². The molecule has 0 bridgehead atoms. The minimum absolute atomic E-state index is 0.693. The molecule has 3 rings (SSSR count). The highest BCUT2D eigenvalue weighted by molar-refractivity contribution is 9.11. The second kappa shape index (κ2) is 5.27. The lowest BCUT2D eigenvalue weighted by Crippen LogP contribution is -1.89. The largest absolute Gasteiger partial charge is 0.342 e. The minimum atomic E-state index is 0.693. The number of hydrogen-bond acceptors (Lipinski definition) is 1. The molecule has 0 aliphatic heterocycles. The minimum Gasteiger partial charge on any atom is -0.342 e. The van der Waals surface area contributed by atoms with Crippen LogP contribution in [0.15, 0.2) is 45.3 Å². The quantitative estimate of drug-likeness (QED) is 0.619. The number of imidazole rings is 1. The Morgan fingerprint density at radius 1 is 1.11 bits per heavy atom. The van der Waals surface area contributed by atoms with Crippen molar-refractivity contribution in [2.24, 2.45) is 0 Å². The molecule has 0 atom stereocenters. The van der Waals surface area contributed by atoms with Crippen LogP contribution in [0.4, 0.5) is 0 Å². The second-order valence-corrected chi connectivity index (χ2v) is 6.48. The van der Waals surface area contributed by atoms with Crippen LogP contribution in [0, 0.1) is 0 Å². The summed E-state index contributed by atoms with van der Waals surface area (Å²) in [5.74, 6) is 0.931. The molecule has 1 aromatic heterocycles. The summed E-state index contributed by atoms with van der Waals surface area (Å²) in [6.45, 7) is 0. The number of rotatable bonds is 2. The molecule has 0 unspecified atom stereocenters. The van der Waals surface area contributed by atoms with Crippen LogP contribution in [-0.2, 0) is 6.42 Å². The molecular weight excluding hydrogens is 391 g/mol. The van der Waals surface area contributed by atoms with E-state index in [1.54, 1.807) is 0 Å². The molecule has 96 valence electrons. The highest BCUT2D eigenvalue weighted by Crippen LogP contribution is 2.27. The van der Waals surface area contributed by atoms with Crippen molar-refractivity contribution in [3.05, 3.63) is 61.8 Å². The van der Waals surface area contributed by atoms with Crippen molar-refractivity contribution >= 4 is 54.5 Å². The number of nitrogens with zero attached hydrogens (tertiary/aromatic N) is 1. The number of aromatic nitrogens is 2. The average molecular weight is 401 g/mol. The van der Waals surface area contributed by atoms with Crippen molar-refractivity contribution in [2.75, 3.05) is 0 Å². The molecule has 0 aliphatic carbocycles. The van der Waals surface area contributed by atoms with Gasteiger partial charge in [-0.2, -0.15) is 0 Å². The van der Waals surface area contributed by atoms with E-state index in [2.05, 4.69) is 54.0 Å². The molecule has 0 fully saturated rings. The lowest BCUT2D eigenvalue weighted by atomic mass is 10.1. The Kier molecular flexibility index (Phi) is 3.65. The number of hydrogen-bond donors (Lipinski definition) is 1. The van der Waals surface area contributed by atoms with Gasteiger partial charge in [-0.25, -0.2) is 4.98 Å². The monoisotopic (exact) mass is 398 g/mol. The normalized spacial score (nSPS) is 11.1. The molecule has 0 saturated carbocycles. The zero-order valence-corrected chi connectivity index (χ0v) is 13.7. The Morgan fingerprint density at radius 3 is 2.58 bits per heavy atom. The Bertz CT molecular complexity index is 735. The number of nitrogens with one attached hydrogen (secondary N) is 1. The molecule has 19 heavy (non-hydrogen) atoms. The van der Waals surface area contributed by atoms with Gasteiger partial charge in [-0.15, -0.1) is 0 Å². The van der Waals surface area contributed by atoms with Crippen LogP contribution in [0.2, 0.25) is 5.02 Å². The fraction of sp³-hybridized carbons (Fsp3) is 0.0714. The predicted molar refractivity (Wildman–Crippen MR) is 85.8 cm³/mol. The summed E-state index contributed by atoms with van der Waals surface area (Å²) in [6, 6.07) is 12.0. The molecule has 0 radical (unpaired) electrons. The average Bonchev–Trinajstić information content (AvgIpc) is 2.75. The topological polar surface area (TPSA) is 28.7 Å². The van der Waals surface area contributed by atoms with E-state index in [1.165, 1.54) is 5.56 Å². The van der Waals surface area contributed by atoms with Gasteiger partial charge >= 0.3 is 0 Å². The third-order valence-electron chi connectivity index (χ3n) is 2.84. The maximum Gasteiger partial charge on any atom is 0.111 e. The maximum absolute atomic E-state index is 6.03. The number of fused-ring (bicyclic) bond motifs is 1. The van der Waals surface area contributed by atoms with Gasteiger partial charge in [-0.3, -0.25) is 0 Å². The second-order valence-electron chi connectivity index (χ2n) is 4.27. The fourth-order valence-corrected chi connectivity index (χ4v) is 3.14. The van der Waals surface area contributed by atoms with E-state index in [0.29, 0.717) is 5.02 Å². The van der Waals surface area contributed by atoms with Gasteiger partial charge in [0, 0.05) is 20.4 Å². The first-order valence-electron chi connectivity index (χ1n) is 5.70. The van der Waals surface area contributed by atoms with E-state index in [0.717, 1.165) is 32.2 Å². The highest BCUT2D eigenvalue weighted by atomic mass is 79.9. The van der Waals surface area contributed by atoms with Crippen molar-refractivity contribution in [3.8, 4) is 0 Å². The van der Waals surface area contributed by atoms with E-state index < -0.39 is 0 Å². The van der Waals surface area contributed by atoms with Crippen molar-refractivity contribution in [2.45, 2.75) is 6.42 Å². The van der Waals surface area contributed by atoms with Gasteiger partial charge in [0.1, 0.15) is 11.3 Å². The Balaban J connectivity index is 1.97. The lowest BCUT2D eigenvalue weighted by molar-refractivity contribution is 1.04. The standard InChI is InChI=1S/C14H9Br2ClN2/c15-9-3-1-8(2-4-9)5-13-18-12-7-10(17)6-11(16)14(12)19-13/h1-4,6-7H,5H2,(H,18,19). The first kappa shape index (κ1) is 13.2. The van der Waals surface area contributed by atoms with Crippen LogP contribution in [-0.4, -0.2) is 9.97 Å². The number of halogens is 3. The molecule has 1 N–H and O–H groups in total. The van der Waals surface area contributed by atoms with Crippen LogP contribution >= 0.6 is 43.5 Å². The lowest BCUT2D eigenvalue weighted by Gasteiger charge is -1.97. The molecule has 1 heterocycles. The molecule has 2 nitrogen and oxygen atoms in total. The summed E-state index contributed by atoms with van der Waals surface area (Å²) in [6.07, 6.45) is 0.770. The SMILES string of the molecule is Clc1cc(Br)c2nc(Cc3ccc(Br)cc3)[nH]c2c1. The van der Waals surface area contributed by atoms with Gasteiger partial charge in [0.25, 0.3) is 0 Å². The van der Waals surface area contributed by atoms with Crippen molar-refractivity contribution < 1.29 is 0 Å². The Labute approximate surface area is 132 Å². The van der Waals surface area contributed by atoms with Gasteiger partial charge < -0.3 is 4.98 Å². The summed E-state index contributed by atoms with van der Waals surface area (Å²) in [5, 5.41) is 0.693. The van der Waals surface area contributed by atoms with Gasteiger partial charge in [0.15, 0.2) is 0 Å². The summed E-state index contributed by atoms with van der Waals surface area (Å²) >= 11 is 12.9. The van der Waals surface area contributed by atoms with Crippen LogP contribution in [0.1, 0.15) is 11.4 Å². The van der Waals surface area contributed by atoms with Gasteiger partial charge in [0.05, 0.1) is 5.52 Å². The zero-order valence-electron chi connectivity index (χ0n) is 9.75. The Hall–Kier alpha value is -0.840. The Morgan fingerprint density at radius 2 is 1.84 bits per heavy atom. The highest BCUT2D eigenvalue weighted by Gasteiger charge is 2.08. The van der Waals surface area contributed by atoms with E-state index in [4.69, 9.17) is 11.6 Å². The summed E-state index contributed by atoms with van der Waals surface area (Å²) in [5.41, 5.74) is 3.08. The summed E-state index contributed by atoms with van der Waals surface area (Å²) in [7, 11) is 0. The molecule has 2 aromatic carbocycles. The molecule has 0 amide bonds. The third-order valence-corrected chi connectivity index (χ3v) is 4.19. The number of aromatic amines is 1. The molecule has 0 spiro atoms.